The maximum atomic E-state index is 12.2. The van der Waals surface area contributed by atoms with Crippen LogP contribution in [-0.4, -0.2) is 23.7 Å². The van der Waals surface area contributed by atoms with E-state index in [2.05, 4.69) is 15.9 Å². The van der Waals surface area contributed by atoms with Gasteiger partial charge >= 0.3 is 5.97 Å². The molecule has 0 aromatic heterocycles. The Labute approximate surface area is 116 Å². The zero-order valence-corrected chi connectivity index (χ0v) is 12.4. The number of hydrogen-bond donors (Lipinski definition) is 0. The standard InChI is InChI=1S/C14H17BrO3/c1-4-18-13(17)14(3,12(16)9-15)11-8-6-5-7-10(11)2/h5-8H,4,9H2,1-3H3. The summed E-state index contributed by atoms with van der Waals surface area (Å²) in [5, 5.41) is 0.122. The van der Waals surface area contributed by atoms with Gasteiger partial charge in [-0.05, 0) is 31.9 Å². The van der Waals surface area contributed by atoms with Crippen LogP contribution in [0.5, 0.6) is 0 Å². The number of hydrogen-bond acceptors (Lipinski definition) is 3. The normalized spacial score (nSPS) is 13.8. The van der Waals surface area contributed by atoms with E-state index in [1.165, 1.54) is 0 Å². The van der Waals surface area contributed by atoms with Crippen molar-refractivity contribution in [2.24, 2.45) is 0 Å². The molecule has 0 bridgehead atoms. The number of ether oxygens (including phenoxy) is 1. The first-order chi connectivity index (χ1) is 8.48. The van der Waals surface area contributed by atoms with Crippen LogP contribution in [0.1, 0.15) is 25.0 Å². The highest BCUT2D eigenvalue weighted by Gasteiger charge is 2.44. The van der Waals surface area contributed by atoms with Gasteiger partial charge in [0, 0.05) is 0 Å². The maximum absolute atomic E-state index is 12.2. The summed E-state index contributed by atoms with van der Waals surface area (Å²) in [5.74, 6) is -0.695. The average Bonchev–Trinajstić information content (AvgIpc) is 2.37. The molecule has 1 aromatic carbocycles. The molecule has 4 heteroatoms. The first-order valence-electron chi connectivity index (χ1n) is 5.81. The smallest absolute Gasteiger partial charge is 0.323 e. The van der Waals surface area contributed by atoms with Gasteiger partial charge < -0.3 is 4.74 Å². The molecule has 0 saturated carbocycles. The third-order valence-corrected chi connectivity index (χ3v) is 3.56. The summed E-state index contributed by atoms with van der Waals surface area (Å²) in [4.78, 5) is 24.3. The largest absolute Gasteiger partial charge is 0.465 e. The topological polar surface area (TPSA) is 43.4 Å². The summed E-state index contributed by atoms with van der Waals surface area (Å²) in [7, 11) is 0. The van der Waals surface area contributed by atoms with Crippen LogP contribution in [-0.2, 0) is 19.7 Å². The summed E-state index contributed by atoms with van der Waals surface area (Å²) in [6.07, 6.45) is 0. The van der Waals surface area contributed by atoms with Gasteiger partial charge in [0.2, 0.25) is 0 Å². The lowest BCUT2D eigenvalue weighted by Crippen LogP contribution is -2.43. The Morgan fingerprint density at radius 3 is 2.44 bits per heavy atom. The molecule has 18 heavy (non-hydrogen) atoms. The van der Waals surface area contributed by atoms with Gasteiger partial charge in [-0.25, -0.2) is 0 Å². The molecule has 3 nitrogen and oxygen atoms in total. The van der Waals surface area contributed by atoms with Gasteiger partial charge in [0.1, 0.15) is 5.41 Å². The van der Waals surface area contributed by atoms with Crippen LogP contribution in [0.25, 0.3) is 0 Å². The van der Waals surface area contributed by atoms with Crippen LogP contribution in [0.15, 0.2) is 24.3 Å². The molecule has 0 aliphatic rings. The van der Waals surface area contributed by atoms with E-state index in [0.29, 0.717) is 5.56 Å². The predicted molar refractivity (Wildman–Crippen MR) is 74.0 cm³/mol. The average molecular weight is 313 g/mol. The molecule has 0 N–H and O–H groups in total. The molecule has 0 fully saturated rings. The molecule has 0 radical (unpaired) electrons. The van der Waals surface area contributed by atoms with Crippen molar-refractivity contribution in [3.05, 3.63) is 35.4 Å². The van der Waals surface area contributed by atoms with Crippen molar-refractivity contribution in [3.63, 3.8) is 0 Å². The van der Waals surface area contributed by atoms with Gasteiger partial charge in [-0.2, -0.15) is 0 Å². The Morgan fingerprint density at radius 1 is 1.33 bits per heavy atom. The van der Waals surface area contributed by atoms with Gasteiger partial charge in [0.05, 0.1) is 11.9 Å². The fourth-order valence-corrected chi connectivity index (χ4v) is 2.48. The van der Waals surface area contributed by atoms with Crippen molar-refractivity contribution >= 4 is 27.7 Å². The monoisotopic (exact) mass is 312 g/mol. The lowest BCUT2D eigenvalue weighted by Gasteiger charge is -2.27. The molecule has 1 atom stereocenters. The third kappa shape index (κ3) is 2.64. The van der Waals surface area contributed by atoms with Crippen LogP contribution in [0.4, 0.5) is 0 Å². The summed E-state index contributed by atoms with van der Waals surface area (Å²) < 4.78 is 5.06. The van der Waals surface area contributed by atoms with Crippen LogP contribution in [0, 0.1) is 6.92 Å². The zero-order valence-electron chi connectivity index (χ0n) is 10.8. The summed E-state index contributed by atoms with van der Waals surface area (Å²) in [6.45, 7) is 5.50. The Morgan fingerprint density at radius 2 is 1.94 bits per heavy atom. The van der Waals surface area contributed by atoms with E-state index in [9.17, 15) is 9.59 Å². The molecule has 0 saturated heterocycles. The van der Waals surface area contributed by atoms with Gasteiger partial charge in [-0.15, -0.1) is 0 Å². The number of carbonyl (C=O) groups is 2. The van der Waals surface area contributed by atoms with E-state index in [4.69, 9.17) is 4.74 Å². The molecule has 1 rings (SSSR count). The Bertz CT molecular complexity index is 456. The Hall–Kier alpha value is -1.16. The SMILES string of the molecule is CCOC(=O)C(C)(C(=O)CBr)c1ccccc1C. The molecular formula is C14H17BrO3. The number of ketones is 1. The summed E-state index contributed by atoms with van der Waals surface area (Å²) >= 11 is 3.13. The van der Waals surface area contributed by atoms with Gasteiger partial charge in [0.25, 0.3) is 0 Å². The van der Waals surface area contributed by atoms with E-state index >= 15 is 0 Å². The minimum atomic E-state index is -1.25. The molecule has 0 heterocycles. The van der Waals surface area contributed by atoms with Crippen LogP contribution in [0.3, 0.4) is 0 Å². The van der Waals surface area contributed by atoms with Crippen LogP contribution >= 0.6 is 15.9 Å². The second-order valence-corrected chi connectivity index (χ2v) is 4.78. The number of halogens is 1. The molecule has 98 valence electrons. The van der Waals surface area contributed by atoms with Gasteiger partial charge in [-0.3, -0.25) is 9.59 Å². The Kier molecular flexibility index (Phi) is 5.08. The predicted octanol–water partition coefficient (Wildman–Crippen LogP) is 2.78. The van der Waals surface area contributed by atoms with E-state index < -0.39 is 11.4 Å². The lowest BCUT2D eigenvalue weighted by molar-refractivity contribution is -0.152. The first kappa shape index (κ1) is 14.9. The van der Waals surface area contributed by atoms with Crippen molar-refractivity contribution in [3.8, 4) is 0 Å². The molecule has 1 unspecified atom stereocenters. The molecule has 1 aromatic rings. The van der Waals surface area contributed by atoms with Crippen molar-refractivity contribution in [1.82, 2.24) is 0 Å². The first-order valence-corrected chi connectivity index (χ1v) is 6.93. The van der Waals surface area contributed by atoms with Crippen molar-refractivity contribution in [2.45, 2.75) is 26.2 Å². The third-order valence-electron chi connectivity index (χ3n) is 3.05. The second kappa shape index (κ2) is 6.14. The number of benzene rings is 1. The molecule has 0 aliphatic heterocycles. The molecular weight excluding hydrogens is 296 g/mol. The highest BCUT2D eigenvalue weighted by molar-refractivity contribution is 9.09. The number of esters is 1. The van der Waals surface area contributed by atoms with Gasteiger partial charge in [0.15, 0.2) is 5.78 Å². The van der Waals surface area contributed by atoms with Crippen LogP contribution in [0.2, 0.25) is 0 Å². The molecule has 0 spiro atoms. The van der Waals surface area contributed by atoms with Gasteiger partial charge in [-0.1, -0.05) is 40.2 Å². The second-order valence-electron chi connectivity index (χ2n) is 4.22. The minimum Gasteiger partial charge on any atom is -0.465 e. The summed E-state index contributed by atoms with van der Waals surface area (Å²) in [6, 6.07) is 7.38. The molecule has 0 amide bonds. The van der Waals surface area contributed by atoms with E-state index in [1.807, 2.05) is 25.1 Å². The van der Waals surface area contributed by atoms with Crippen molar-refractivity contribution < 1.29 is 14.3 Å². The quantitative estimate of drug-likeness (QED) is 0.477. The Balaban J connectivity index is 3.34. The fourth-order valence-electron chi connectivity index (χ4n) is 1.92. The van der Waals surface area contributed by atoms with E-state index in [0.717, 1.165) is 5.56 Å². The number of aryl methyl sites for hydroxylation is 1. The number of Topliss-reactive ketones (excluding diaryl/α,β-unsaturated/α-hetero) is 1. The number of rotatable bonds is 5. The van der Waals surface area contributed by atoms with Crippen molar-refractivity contribution in [1.29, 1.82) is 0 Å². The molecule has 0 aliphatic carbocycles. The maximum Gasteiger partial charge on any atom is 0.323 e. The minimum absolute atomic E-state index is 0.122. The summed E-state index contributed by atoms with van der Waals surface area (Å²) in [5.41, 5.74) is 0.362. The zero-order chi connectivity index (χ0) is 13.8. The van der Waals surface area contributed by atoms with E-state index in [1.54, 1.807) is 19.9 Å². The fraction of sp³-hybridized carbons (Fsp3) is 0.429. The number of alkyl halides is 1. The van der Waals surface area contributed by atoms with Crippen LogP contribution < -0.4 is 0 Å². The lowest BCUT2D eigenvalue weighted by atomic mass is 9.77. The highest BCUT2D eigenvalue weighted by Crippen LogP contribution is 2.30. The number of carbonyl (C=O) groups excluding carboxylic acids is 2. The van der Waals surface area contributed by atoms with Crippen molar-refractivity contribution in [2.75, 3.05) is 11.9 Å². The van der Waals surface area contributed by atoms with E-state index in [-0.39, 0.29) is 17.7 Å². The highest BCUT2D eigenvalue weighted by atomic mass is 79.9.